The first-order valence-electron chi connectivity index (χ1n) is 6.06. The van der Waals surface area contributed by atoms with Crippen LogP contribution in [0.2, 0.25) is 0 Å². The Hall–Kier alpha value is -0.320. The molecular formula is C13H21Cl2N3. The van der Waals surface area contributed by atoms with E-state index in [0.717, 1.165) is 13.1 Å². The largest absolute Gasteiger partial charge is 0.256 e. The van der Waals surface area contributed by atoms with E-state index in [4.69, 9.17) is 23.2 Å². The van der Waals surface area contributed by atoms with E-state index in [2.05, 4.69) is 23.0 Å². The van der Waals surface area contributed by atoms with Gasteiger partial charge in [-0.2, -0.15) is 0 Å². The van der Waals surface area contributed by atoms with E-state index in [9.17, 15) is 0 Å². The molecule has 0 fully saturated rings. The highest BCUT2D eigenvalue weighted by atomic mass is 35.5. The normalized spacial score (nSPS) is 12.4. The number of rotatable bonds is 7. The van der Waals surface area contributed by atoms with Crippen molar-refractivity contribution in [3.63, 3.8) is 0 Å². The second kappa shape index (κ2) is 7.31. The Bertz CT molecular complexity index is 341. The molecule has 0 aromatic heterocycles. The topological polar surface area (TPSA) is 27.3 Å². The summed E-state index contributed by atoms with van der Waals surface area (Å²) >= 11 is 11.9. The Morgan fingerprint density at radius 1 is 1.22 bits per heavy atom. The zero-order valence-electron chi connectivity index (χ0n) is 11.1. The molecule has 0 heterocycles. The summed E-state index contributed by atoms with van der Waals surface area (Å²) in [5.41, 5.74) is 7.35. The number of halogens is 2. The molecule has 3 nitrogen and oxygen atoms in total. The average Bonchev–Trinajstić information content (AvgIpc) is 2.30. The molecular weight excluding hydrogens is 269 g/mol. The summed E-state index contributed by atoms with van der Waals surface area (Å²) in [6, 6.07) is 10.2. The Balaban J connectivity index is 2.46. The number of hydrazine groups is 1. The highest BCUT2D eigenvalue weighted by Crippen LogP contribution is 2.19. The number of alkyl halides is 2. The van der Waals surface area contributed by atoms with Crippen molar-refractivity contribution in [2.45, 2.75) is 37.9 Å². The average molecular weight is 290 g/mol. The van der Waals surface area contributed by atoms with E-state index in [1.807, 2.05) is 43.9 Å². The van der Waals surface area contributed by atoms with Gasteiger partial charge in [-0.3, -0.25) is 10.3 Å². The predicted molar refractivity (Wildman–Crippen MR) is 78.4 cm³/mol. The minimum Gasteiger partial charge on any atom is -0.256 e. The van der Waals surface area contributed by atoms with Crippen molar-refractivity contribution in [3.05, 3.63) is 35.9 Å². The van der Waals surface area contributed by atoms with Crippen LogP contribution >= 0.6 is 23.2 Å². The van der Waals surface area contributed by atoms with Gasteiger partial charge in [0.2, 0.25) is 0 Å². The number of hydrogen-bond acceptors (Lipinski definition) is 3. The SMILES string of the molecule is CCN(C(Cl)Cl)C(C)(C)NNCc1ccccc1. The molecule has 0 aliphatic rings. The molecule has 0 saturated heterocycles. The Morgan fingerprint density at radius 3 is 2.33 bits per heavy atom. The maximum Gasteiger partial charge on any atom is 0.162 e. The van der Waals surface area contributed by atoms with Crippen LogP contribution in [0.1, 0.15) is 26.3 Å². The van der Waals surface area contributed by atoms with Gasteiger partial charge >= 0.3 is 0 Å². The van der Waals surface area contributed by atoms with Gasteiger partial charge in [0.05, 0.1) is 5.66 Å². The molecule has 5 heteroatoms. The number of nitrogens with zero attached hydrogens (tertiary/aromatic N) is 1. The molecule has 1 aromatic rings. The van der Waals surface area contributed by atoms with Gasteiger partial charge in [0.25, 0.3) is 0 Å². The van der Waals surface area contributed by atoms with Gasteiger partial charge in [-0.1, -0.05) is 60.5 Å². The molecule has 0 bridgehead atoms. The summed E-state index contributed by atoms with van der Waals surface area (Å²) in [5, 5.41) is 0. The third-order valence-corrected chi connectivity index (χ3v) is 3.30. The minimum absolute atomic E-state index is 0.322. The van der Waals surface area contributed by atoms with Gasteiger partial charge in [-0.05, 0) is 26.0 Å². The summed E-state index contributed by atoms with van der Waals surface area (Å²) in [6.45, 7) is 7.61. The van der Waals surface area contributed by atoms with E-state index < -0.39 is 4.96 Å². The second-order valence-electron chi connectivity index (χ2n) is 4.59. The minimum atomic E-state index is -0.531. The van der Waals surface area contributed by atoms with Crippen molar-refractivity contribution < 1.29 is 0 Å². The van der Waals surface area contributed by atoms with E-state index in [1.54, 1.807) is 0 Å². The molecule has 0 amide bonds. The van der Waals surface area contributed by atoms with Crippen LogP contribution in [0.15, 0.2) is 30.3 Å². The Morgan fingerprint density at radius 2 is 1.83 bits per heavy atom. The van der Waals surface area contributed by atoms with Crippen molar-refractivity contribution in [2.75, 3.05) is 6.54 Å². The van der Waals surface area contributed by atoms with Crippen LogP contribution in [0, 0.1) is 0 Å². The smallest absolute Gasteiger partial charge is 0.162 e. The highest BCUT2D eigenvalue weighted by Gasteiger charge is 2.28. The lowest BCUT2D eigenvalue weighted by Gasteiger charge is -2.39. The first-order valence-corrected chi connectivity index (χ1v) is 6.93. The summed E-state index contributed by atoms with van der Waals surface area (Å²) in [6.07, 6.45) is 0. The van der Waals surface area contributed by atoms with Gasteiger partial charge in [-0.25, -0.2) is 5.43 Å². The van der Waals surface area contributed by atoms with E-state index in [-0.39, 0.29) is 5.66 Å². The second-order valence-corrected chi connectivity index (χ2v) is 5.64. The Kier molecular flexibility index (Phi) is 6.39. The zero-order valence-corrected chi connectivity index (χ0v) is 12.6. The van der Waals surface area contributed by atoms with Crippen LogP contribution in [-0.2, 0) is 6.54 Å². The fraction of sp³-hybridized carbons (Fsp3) is 0.538. The van der Waals surface area contributed by atoms with Crippen LogP contribution in [0.3, 0.4) is 0 Å². The monoisotopic (exact) mass is 289 g/mol. The third kappa shape index (κ3) is 4.75. The summed E-state index contributed by atoms with van der Waals surface area (Å²) < 4.78 is 0. The van der Waals surface area contributed by atoms with Crippen molar-refractivity contribution in [3.8, 4) is 0 Å². The fourth-order valence-electron chi connectivity index (χ4n) is 1.81. The van der Waals surface area contributed by atoms with Gasteiger partial charge in [0, 0.05) is 6.54 Å². The van der Waals surface area contributed by atoms with Crippen LogP contribution in [0.5, 0.6) is 0 Å². The van der Waals surface area contributed by atoms with Crippen molar-refractivity contribution >= 4 is 23.2 Å². The van der Waals surface area contributed by atoms with Crippen LogP contribution < -0.4 is 10.9 Å². The maximum absolute atomic E-state index is 5.95. The van der Waals surface area contributed by atoms with Crippen molar-refractivity contribution in [2.24, 2.45) is 0 Å². The quantitative estimate of drug-likeness (QED) is 0.350. The zero-order chi connectivity index (χ0) is 13.6. The first-order chi connectivity index (χ1) is 8.47. The predicted octanol–water partition coefficient (Wildman–Crippen LogP) is 3.10. The molecule has 2 N–H and O–H groups in total. The highest BCUT2D eigenvalue weighted by molar-refractivity contribution is 6.43. The van der Waals surface area contributed by atoms with Crippen LogP contribution in [0.4, 0.5) is 0 Å². The molecule has 1 aromatic carbocycles. The van der Waals surface area contributed by atoms with Gasteiger partial charge in [-0.15, -0.1) is 0 Å². The van der Waals surface area contributed by atoms with E-state index in [0.29, 0.717) is 0 Å². The number of nitrogens with one attached hydrogen (secondary N) is 2. The third-order valence-electron chi connectivity index (χ3n) is 2.82. The summed E-state index contributed by atoms with van der Waals surface area (Å²) in [4.78, 5) is 1.42. The molecule has 0 saturated carbocycles. The van der Waals surface area contributed by atoms with Gasteiger partial charge in [0.1, 0.15) is 0 Å². The van der Waals surface area contributed by atoms with Crippen LogP contribution in [-0.4, -0.2) is 22.1 Å². The lowest BCUT2D eigenvalue weighted by Crippen LogP contribution is -2.60. The Labute approximate surface area is 119 Å². The number of benzene rings is 1. The van der Waals surface area contributed by atoms with E-state index in [1.165, 1.54) is 5.56 Å². The van der Waals surface area contributed by atoms with E-state index >= 15 is 0 Å². The van der Waals surface area contributed by atoms with Crippen molar-refractivity contribution in [1.82, 2.24) is 15.8 Å². The first kappa shape index (κ1) is 15.7. The molecule has 0 radical (unpaired) electrons. The molecule has 0 aliphatic carbocycles. The molecule has 0 aliphatic heterocycles. The maximum atomic E-state index is 5.95. The lowest BCUT2D eigenvalue weighted by atomic mass is 10.2. The lowest BCUT2D eigenvalue weighted by molar-refractivity contribution is 0.0848. The van der Waals surface area contributed by atoms with Gasteiger partial charge in [0.15, 0.2) is 4.96 Å². The molecule has 0 spiro atoms. The fourth-order valence-corrected chi connectivity index (χ4v) is 2.57. The summed E-state index contributed by atoms with van der Waals surface area (Å²) in [7, 11) is 0. The van der Waals surface area contributed by atoms with Crippen LogP contribution in [0.25, 0.3) is 0 Å². The molecule has 1 rings (SSSR count). The standard InChI is InChI=1S/C13H21Cl2N3/c1-4-18(12(14)15)13(2,3)17-16-10-11-8-6-5-7-9-11/h5-9,12,16-17H,4,10H2,1-3H3. The molecule has 0 unspecified atom stereocenters. The van der Waals surface area contributed by atoms with Gasteiger partial charge < -0.3 is 0 Å². The number of hydrogen-bond donors (Lipinski definition) is 2. The molecule has 18 heavy (non-hydrogen) atoms. The molecule has 0 atom stereocenters. The molecule has 102 valence electrons. The summed E-state index contributed by atoms with van der Waals surface area (Å²) in [5.74, 6) is 0. The van der Waals surface area contributed by atoms with Crippen molar-refractivity contribution in [1.29, 1.82) is 0 Å².